The predicted molar refractivity (Wildman–Crippen MR) is 115 cm³/mol. The van der Waals surface area contributed by atoms with E-state index in [0.29, 0.717) is 38.1 Å². The van der Waals surface area contributed by atoms with Gasteiger partial charge in [0.05, 0.1) is 0 Å². The van der Waals surface area contributed by atoms with Crippen LogP contribution in [0.3, 0.4) is 0 Å². The predicted octanol–water partition coefficient (Wildman–Crippen LogP) is 3.60. The van der Waals surface area contributed by atoms with Crippen LogP contribution in [0.2, 0.25) is 0 Å². The van der Waals surface area contributed by atoms with Crippen molar-refractivity contribution in [1.29, 1.82) is 0 Å². The lowest BCUT2D eigenvalue weighted by molar-refractivity contribution is -0.141. The highest BCUT2D eigenvalue weighted by Crippen LogP contribution is 2.32. The zero-order chi connectivity index (χ0) is 21.5. The van der Waals surface area contributed by atoms with Gasteiger partial charge in [-0.05, 0) is 49.9 Å². The largest absolute Gasteiger partial charge is 0.454 e. The summed E-state index contributed by atoms with van der Waals surface area (Å²) in [5.74, 6) is 1.30. The van der Waals surface area contributed by atoms with Crippen molar-refractivity contribution < 1.29 is 19.1 Å². The summed E-state index contributed by atoms with van der Waals surface area (Å²) >= 11 is 0. The van der Waals surface area contributed by atoms with Gasteiger partial charge in [-0.1, -0.05) is 42.8 Å². The van der Waals surface area contributed by atoms with E-state index >= 15 is 0 Å². The molecule has 6 heteroatoms. The number of hydrogen-bond acceptors (Lipinski definition) is 4. The first kappa shape index (κ1) is 21.7. The molecule has 6 nitrogen and oxygen atoms in total. The maximum atomic E-state index is 13.2. The third-order valence-electron chi connectivity index (χ3n) is 5.27. The zero-order valence-corrected chi connectivity index (χ0v) is 17.9. The molecule has 160 valence electrons. The summed E-state index contributed by atoms with van der Waals surface area (Å²) in [4.78, 5) is 27.6. The van der Waals surface area contributed by atoms with Crippen LogP contribution in [0.4, 0.5) is 0 Å². The molecule has 1 heterocycles. The number of aryl methyl sites for hydroxylation is 2. The number of fused-ring (bicyclic) bond motifs is 1. The van der Waals surface area contributed by atoms with E-state index in [0.717, 1.165) is 22.4 Å². The van der Waals surface area contributed by atoms with Gasteiger partial charge in [-0.15, -0.1) is 0 Å². The van der Waals surface area contributed by atoms with Crippen LogP contribution in [0.1, 0.15) is 43.4 Å². The maximum absolute atomic E-state index is 13.2. The van der Waals surface area contributed by atoms with Crippen LogP contribution in [0.5, 0.6) is 11.5 Å². The van der Waals surface area contributed by atoms with Crippen LogP contribution in [0.25, 0.3) is 0 Å². The molecule has 0 radical (unpaired) electrons. The highest BCUT2D eigenvalue weighted by Gasteiger charge is 2.28. The summed E-state index contributed by atoms with van der Waals surface area (Å²) < 4.78 is 10.8. The Labute approximate surface area is 178 Å². The molecule has 0 saturated heterocycles. The summed E-state index contributed by atoms with van der Waals surface area (Å²) in [7, 11) is 0. The smallest absolute Gasteiger partial charge is 0.242 e. The van der Waals surface area contributed by atoms with Crippen LogP contribution in [0.15, 0.2) is 42.5 Å². The molecule has 3 rings (SSSR count). The average molecular weight is 411 g/mol. The fourth-order valence-electron chi connectivity index (χ4n) is 3.59. The molecule has 30 heavy (non-hydrogen) atoms. The molecule has 1 N–H and O–H groups in total. The average Bonchev–Trinajstić information content (AvgIpc) is 3.21. The molecular formula is C24H30N2O4. The van der Waals surface area contributed by atoms with Crippen LogP contribution >= 0.6 is 0 Å². The molecule has 0 fully saturated rings. The van der Waals surface area contributed by atoms with E-state index in [9.17, 15) is 9.59 Å². The second-order valence-electron chi connectivity index (χ2n) is 7.51. The number of hydrogen-bond donors (Lipinski definition) is 1. The molecule has 0 aromatic heterocycles. The Morgan fingerprint density at radius 3 is 2.43 bits per heavy atom. The first-order valence-corrected chi connectivity index (χ1v) is 10.5. The van der Waals surface area contributed by atoms with Gasteiger partial charge < -0.3 is 19.7 Å². The lowest BCUT2D eigenvalue weighted by Gasteiger charge is -2.30. The lowest BCUT2D eigenvalue weighted by atomic mass is 10.1. The van der Waals surface area contributed by atoms with Crippen molar-refractivity contribution >= 4 is 11.8 Å². The van der Waals surface area contributed by atoms with Crippen molar-refractivity contribution in [2.75, 3.05) is 13.3 Å². The normalized spacial score (nSPS) is 13.0. The highest BCUT2D eigenvalue weighted by molar-refractivity contribution is 5.87. The minimum atomic E-state index is -0.490. The third-order valence-corrected chi connectivity index (χ3v) is 5.27. The standard InChI is InChI=1S/C24H30N2O4/c1-4-20(24(28)25-5-2)26(15-19-8-6-17(3)7-9-19)23(27)13-11-18-10-12-21-22(14-18)30-16-29-21/h6-10,12,14,20H,4-5,11,13,15-16H2,1-3H3,(H,25,28). The quantitative estimate of drug-likeness (QED) is 0.686. The zero-order valence-electron chi connectivity index (χ0n) is 17.9. The topological polar surface area (TPSA) is 67.9 Å². The molecule has 1 atom stereocenters. The number of nitrogens with zero attached hydrogens (tertiary/aromatic N) is 1. The van der Waals surface area contributed by atoms with Gasteiger partial charge >= 0.3 is 0 Å². The number of carbonyl (C=O) groups is 2. The molecule has 0 bridgehead atoms. The summed E-state index contributed by atoms with van der Waals surface area (Å²) in [5.41, 5.74) is 3.18. The molecule has 2 aromatic carbocycles. The van der Waals surface area contributed by atoms with Crippen LogP contribution in [-0.2, 0) is 22.6 Å². The number of ether oxygens (including phenoxy) is 2. The van der Waals surface area contributed by atoms with E-state index in [1.54, 1.807) is 4.90 Å². The molecule has 1 aliphatic rings. The second kappa shape index (κ2) is 10.1. The van der Waals surface area contributed by atoms with E-state index in [2.05, 4.69) is 5.32 Å². The number of nitrogens with one attached hydrogen (secondary N) is 1. The Hall–Kier alpha value is -3.02. The summed E-state index contributed by atoms with van der Waals surface area (Å²) in [5, 5.41) is 2.87. The molecular weight excluding hydrogens is 380 g/mol. The summed E-state index contributed by atoms with van der Waals surface area (Å²) in [6.07, 6.45) is 1.46. The first-order valence-electron chi connectivity index (χ1n) is 10.5. The number of likely N-dealkylation sites (N-methyl/N-ethyl adjacent to an activating group) is 1. The van der Waals surface area contributed by atoms with E-state index in [1.165, 1.54) is 0 Å². The molecule has 1 unspecified atom stereocenters. The molecule has 2 amide bonds. The van der Waals surface area contributed by atoms with Gasteiger partial charge in [-0.2, -0.15) is 0 Å². The maximum Gasteiger partial charge on any atom is 0.242 e. The number of amides is 2. The minimum absolute atomic E-state index is 0.0358. The molecule has 0 saturated carbocycles. The van der Waals surface area contributed by atoms with Gasteiger partial charge in [-0.3, -0.25) is 9.59 Å². The van der Waals surface area contributed by atoms with Crippen molar-refractivity contribution in [2.24, 2.45) is 0 Å². The first-order chi connectivity index (χ1) is 14.5. The van der Waals surface area contributed by atoms with Gasteiger partial charge in [-0.25, -0.2) is 0 Å². The van der Waals surface area contributed by atoms with E-state index < -0.39 is 6.04 Å². The van der Waals surface area contributed by atoms with E-state index in [4.69, 9.17) is 9.47 Å². The van der Waals surface area contributed by atoms with Crippen molar-refractivity contribution in [2.45, 2.75) is 52.6 Å². The van der Waals surface area contributed by atoms with Gasteiger partial charge in [0.15, 0.2) is 11.5 Å². The minimum Gasteiger partial charge on any atom is -0.454 e. The van der Waals surface area contributed by atoms with Crippen molar-refractivity contribution in [3.63, 3.8) is 0 Å². The molecule has 2 aromatic rings. The highest BCUT2D eigenvalue weighted by atomic mass is 16.7. The van der Waals surface area contributed by atoms with Crippen LogP contribution in [-0.4, -0.2) is 36.1 Å². The van der Waals surface area contributed by atoms with Crippen LogP contribution < -0.4 is 14.8 Å². The fourth-order valence-corrected chi connectivity index (χ4v) is 3.59. The lowest BCUT2D eigenvalue weighted by Crippen LogP contribution is -2.49. The number of benzene rings is 2. The third kappa shape index (κ3) is 5.32. The Balaban J connectivity index is 1.74. The Morgan fingerprint density at radius 1 is 1.03 bits per heavy atom. The number of carbonyl (C=O) groups excluding carboxylic acids is 2. The Bertz CT molecular complexity index is 879. The van der Waals surface area contributed by atoms with Gasteiger partial charge in [0.25, 0.3) is 0 Å². The number of rotatable bonds is 9. The monoisotopic (exact) mass is 410 g/mol. The summed E-state index contributed by atoms with van der Waals surface area (Å²) in [6, 6.07) is 13.3. The van der Waals surface area contributed by atoms with Crippen molar-refractivity contribution in [1.82, 2.24) is 10.2 Å². The van der Waals surface area contributed by atoms with Crippen molar-refractivity contribution in [3.8, 4) is 11.5 Å². The van der Waals surface area contributed by atoms with Gasteiger partial charge in [0, 0.05) is 19.5 Å². The second-order valence-corrected chi connectivity index (χ2v) is 7.51. The van der Waals surface area contributed by atoms with Crippen molar-refractivity contribution in [3.05, 3.63) is 59.2 Å². The SMILES string of the molecule is CCNC(=O)C(CC)N(Cc1ccc(C)cc1)C(=O)CCc1ccc2c(c1)OCO2. The van der Waals surface area contributed by atoms with E-state index in [-0.39, 0.29) is 18.6 Å². The fraction of sp³-hybridized carbons (Fsp3) is 0.417. The van der Waals surface area contributed by atoms with Crippen LogP contribution in [0, 0.1) is 6.92 Å². The van der Waals surface area contributed by atoms with Gasteiger partial charge in [0.1, 0.15) is 6.04 Å². The molecule has 0 aliphatic carbocycles. The summed E-state index contributed by atoms with van der Waals surface area (Å²) in [6.45, 7) is 7.03. The molecule has 0 spiro atoms. The molecule has 1 aliphatic heterocycles. The Morgan fingerprint density at radius 2 is 1.73 bits per heavy atom. The van der Waals surface area contributed by atoms with Gasteiger partial charge in [0.2, 0.25) is 18.6 Å². The Kier molecular flexibility index (Phi) is 7.33. The van der Waals surface area contributed by atoms with E-state index in [1.807, 2.05) is 63.2 Å².